The van der Waals surface area contributed by atoms with Crippen LogP contribution < -0.4 is 31.9 Å². The number of nitrogens with zero attached hydrogens (tertiary/aromatic N) is 2. The van der Waals surface area contributed by atoms with Gasteiger partial charge in [0.05, 0.1) is 56.9 Å². The molecule has 0 spiro atoms. The Morgan fingerprint density at radius 1 is 0.625 bits per heavy atom. The second kappa shape index (κ2) is 17.6. The molecule has 48 heavy (non-hydrogen) atoms. The first-order chi connectivity index (χ1) is 23.2. The molecule has 16 heteroatoms. The van der Waals surface area contributed by atoms with E-state index in [-0.39, 0.29) is 12.2 Å². The van der Waals surface area contributed by atoms with E-state index in [1.54, 1.807) is 48.5 Å². The van der Waals surface area contributed by atoms with Crippen LogP contribution in [0.15, 0.2) is 73.1 Å². The summed E-state index contributed by atoms with van der Waals surface area (Å²) in [5.74, 6) is 0.789. The summed E-state index contributed by atoms with van der Waals surface area (Å²) in [6.07, 6.45) is 2.85. The largest absolute Gasteiger partial charge is 0.371 e. The molecule has 2 saturated heterocycles. The molecule has 4 amide bonds. The van der Waals surface area contributed by atoms with E-state index in [2.05, 4.69) is 41.9 Å². The molecular weight excluding hydrogens is 702 g/mol. The van der Waals surface area contributed by atoms with Crippen LogP contribution in [-0.4, -0.2) is 61.4 Å². The molecule has 2 aliphatic heterocycles. The van der Waals surface area contributed by atoms with Crippen molar-refractivity contribution in [2.45, 2.75) is 12.2 Å². The maximum atomic E-state index is 12.0. The first-order valence-corrected chi connectivity index (χ1v) is 16.4. The summed E-state index contributed by atoms with van der Waals surface area (Å²) in [7, 11) is 0. The number of hydrogen-bond donors (Lipinski definition) is 6. The average Bonchev–Trinajstić information content (AvgIpc) is 3.10. The molecular formula is C32H32Cl4N8O4. The van der Waals surface area contributed by atoms with Crippen LogP contribution in [0.3, 0.4) is 0 Å². The molecule has 6 N–H and O–H groups in total. The number of hydrogen-bond acceptors (Lipinski definition) is 8. The number of morpholine rings is 2. The second-order valence-electron chi connectivity index (χ2n) is 10.5. The number of anilines is 4. The lowest BCUT2D eigenvalue weighted by molar-refractivity contribution is 0.0276. The number of ether oxygens (including phenoxy) is 2. The summed E-state index contributed by atoms with van der Waals surface area (Å²) in [6, 6.07) is 16.5. The van der Waals surface area contributed by atoms with E-state index in [1.807, 2.05) is 12.1 Å². The van der Waals surface area contributed by atoms with Crippen LogP contribution in [0.5, 0.6) is 0 Å². The van der Waals surface area contributed by atoms with Gasteiger partial charge >= 0.3 is 12.1 Å². The van der Waals surface area contributed by atoms with Gasteiger partial charge in [0.2, 0.25) is 0 Å². The third-order valence-corrected chi connectivity index (χ3v) is 8.09. The van der Waals surface area contributed by atoms with E-state index in [4.69, 9.17) is 55.9 Å². The fraction of sp³-hybridized carbons (Fsp3) is 0.250. The molecule has 12 nitrogen and oxygen atoms in total. The maximum absolute atomic E-state index is 12.0. The summed E-state index contributed by atoms with van der Waals surface area (Å²) in [5, 5.41) is 19.0. The molecule has 2 aliphatic rings. The van der Waals surface area contributed by atoms with Crippen molar-refractivity contribution in [1.82, 2.24) is 20.6 Å². The molecule has 0 bridgehead atoms. The number of carbonyl (C=O) groups is 2. The summed E-state index contributed by atoms with van der Waals surface area (Å²) >= 11 is 24.0. The van der Waals surface area contributed by atoms with Gasteiger partial charge in [-0.1, -0.05) is 58.5 Å². The molecule has 252 valence electrons. The van der Waals surface area contributed by atoms with Crippen LogP contribution >= 0.6 is 46.4 Å². The lowest BCUT2D eigenvalue weighted by Crippen LogP contribution is -2.33. The molecule has 4 heterocycles. The number of pyridine rings is 2. The molecule has 0 saturated carbocycles. The Balaban J connectivity index is 0.000000188. The number of halogens is 4. The molecule has 6 rings (SSSR count). The molecule has 2 aromatic heterocycles. The number of benzene rings is 2. The fourth-order valence-corrected chi connectivity index (χ4v) is 5.36. The first kappa shape index (κ1) is 35.6. The molecule has 2 aromatic carbocycles. The summed E-state index contributed by atoms with van der Waals surface area (Å²) in [6.45, 7) is 4.51. The standard InChI is InChI=1S/2C16H16Cl2N4O2/c2*17-11-2-4-15(20-8-11)22-16(23)21-13-3-1-10(7-12(13)18)14-9-19-5-6-24-14/h2*1-4,7-8,14,19H,5-6,9H2,(H2,20,21,22,23)/t2*14-/m10/s1. The Bertz CT molecular complexity index is 1560. The maximum Gasteiger partial charge on any atom is 0.324 e. The predicted molar refractivity (Wildman–Crippen MR) is 190 cm³/mol. The topological polar surface area (TPSA) is 151 Å². The Hall–Kier alpha value is -3.72. The van der Waals surface area contributed by atoms with Gasteiger partial charge in [0, 0.05) is 38.6 Å². The van der Waals surface area contributed by atoms with Gasteiger partial charge in [0.15, 0.2) is 0 Å². The normalized spacial score (nSPS) is 17.3. The minimum atomic E-state index is -0.435. The number of amides is 4. The fourth-order valence-electron chi connectivity index (χ4n) is 4.66. The third kappa shape index (κ3) is 10.6. The average molecular weight is 734 g/mol. The zero-order chi connectivity index (χ0) is 33.9. The van der Waals surface area contributed by atoms with Gasteiger partial charge in [-0.2, -0.15) is 0 Å². The molecule has 2 atom stereocenters. The highest BCUT2D eigenvalue weighted by Gasteiger charge is 2.18. The van der Waals surface area contributed by atoms with Gasteiger partial charge in [-0.15, -0.1) is 0 Å². The van der Waals surface area contributed by atoms with Crippen LogP contribution in [0.2, 0.25) is 20.1 Å². The molecule has 4 aromatic rings. The zero-order valence-corrected chi connectivity index (χ0v) is 28.4. The number of urea groups is 2. The number of aromatic nitrogens is 2. The Labute approximate surface area is 297 Å². The van der Waals surface area contributed by atoms with Crippen molar-refractivity contribution in [1.29, 1.82) is 0 Å². The van der Waals surface area contributed by atoms with Gasteiger partial charge in [-0.05, 0) is 59.7 Å². The van der Waals surface area contributed by atoms with E-state index in [9.17, 15) is 9.59 Å². The molecule has 2 fully saturated rings. The number of rotatable bonds is 6. The minimum absolute atomic E-state index is 0.0302. The van der Waals surface area contributed by atoms with E-state index in [0.717, 1.165) is 37.3 Å². The predicted octanol–water partition coefficient (Wildman–Crippen LogP) is 7.39. The van der Waals surface area contributed by atoms with E-state index >= 15 is 0 Å². The van der Waals surface area contributed by atoms with Crippen LogP contribution in [0.4, 0.5) is 32.6 Å². The van der Waals surface area contributed by atoms with E-state index in [1.165, 1.54) is 12.4 Å². The van der Waals surface area contributed by atoms with E-state index in [0.29, 0.717) is 56.3 Å². The summed E-state index contributed by atoms with van der Waals surface area (Å²) < 4.78 is 11.4. The highest BCUT2D eigenvalue weighted by atomic mass is 35.5. The lowest BCUT2D eigenvalue weighted by atomic mass is 10.1. The molecule has 0 unspecified atom stereocenters. The quantitative estimate of drug-likeness (QED) is 0.120. The van der Waals surface area contributed by atoms with Gasteiger partial charge in [0.25, 0.3) is 0 Å². The lowest BCUT2D eigenvalue weighted by Gasteiger charge is -2.24. The monoisotopic (exact) mass is 732 g/mol. The van der Waals surface area contributed by atoms with Crippen LogP contribution in [0.1, 0.15) is 23.3 Å². The van der Waals surface area contributed by atoms with Gasteiger partial charge in [0.1, 0.15) is 11.6 Å². The summed E-state index contributed by atoms with van der Waals surface area (Å²) in [4.78, 5) is 32.0. The SMILES string of the molecule is O=C(Nc1ccc(Cl)cn1)Nc1ccc([C@@H]2CNCCO2)cc1Cl.O=C(Nc1ccc(Cl)cn1)Nc1ccc([C@H]2CNCCO2)cc1Cl. The smallest absolute Gasteiger partial charge is 0.324 e. The van der Waals surface area contributed by atoms with Crippen LogP contribution in [-0.2, 0) is 9.47 Å². The summed E-state index contributed by atoms with van der Waals surface area (Å²) in [5.41, 5.74) is 2.96. The van der Waals surface area contributed by atoms with Crippen molar-refractivity contribution in [3.63, 3.8) is 0 Å². The Kier molecular flexibility index (Phi) is 13.1. The first-order valence-electron chi connectivity index (χ1n) is 14.9. The Morgan fingerprint density at radius 3 is 1.40 bits per heavy atom. The Morgan fingerprint density at radius 2 is 1.06 bits per heavy atom. The van der Waals surface area contributed by atoms with Crippen molar-refractivity contribution in [3.8, 4) is 0 Å². The highest BCUT2D eigenvalue weighted by molar-refractivity contribution is 6.34. The van der Waals surface area contributed by atoms with Gasteiger partial charge in [-0.3, -0.25) is 10.6 Å². The molecule has 0 radical (unpaired) electrons. The van der Waals surface area contributed by atoms with Crippen molar-refractivity contribution in [3.05, 3.63) is 104 Å². The molecule has 0 aliphatic carbocycles. The second-order valence-corrected chi connectivity index (χ2v) is 12.2. The van der Waals surface area contributed by atoms with Crippen molar-refractivity contribution in [2.75, 3.05) is 60.7 Å². The van der Waals surface area contributed by atoms with Crippen LogP contribution in [0.25, 0.3) is 0 Å². The number of carbonyl (C=O) groups excluding carboxylic acids is 2. The van der Waals surface area contributed by atoms with Crippen molar-refractivity contribution in [2.24, 2.45) is 0 Å². The zero-order valence-electron chi connectivity index (χ0n) is 25.4. The highest BCUT2D eigenvalue weighted by Crippen LogP contribution is 2.29. The van der Waals surface area contributed by atoms with Crippen LogP contribution in [0, 0.1) is 0 Å². The van der Waals surface area contributed by atoms with Gasteiger partial charge < -0.3 is 30.7 Å². The van der Waals surface area contributed by atoms with E-state index < -0.39 is 12.1 Å². The third-order valence-electron chi connectivity index (χ3n) is 7.02. The number of nitrogens with one attached hydrogen (secondary N) is 6. The minimum Gasteiger partial charge on any atom is -0.371 e. The van der Waals surface area contributed by atoms with Crippen molar-refractivity contribution < 1.29 is 19.1 Å². The van der Waals surface area contributed by atoms with Crippen molar-refractivity contribution >= 4 is 81.5 Å². The van der Waals surface area contributed by atoms with Gasteiger partial charge in [-0.25, -0.2) is 19.6 Å².